The Kier molecular flexibility index (Phi) is 3.13. The Bertz CT molecular complexity index is 463. The molecule has 84 valence electrons. The van der Waals surface area contributed by atoms with Crippen molar-refractivity contribution in [3.8, 4) is 6.07 Å². The number of carbonyl (C=O) groups is 1. The highest BCUT2D eigenvalue weighted by Gasteiger charge is 2.36. The van der Waals surface area contributed by atoms with Crippen LogP contribution in [0.15, 0.2) is 12.3 Å². The van der Waals surface area contributed by atoms with Crippen LogP contribution in [-0.4, -0.2) is 18.1 Å². The lowest BCUT2D eigenvalue weighted by Crippen LogP contribution is -2.14. The predicted octanol–water partition coefficient (Wildman–Crippen LogP) is 1.76. The summed E-state index contributed by atoms with van der Waals surface area (Å²) in [6.07, 6.45) is -3.91. The number of pyridine rings is 1. The Morgan fingerprint density at radius 3 is 2.62 bits per heavy atom. The quantitative estimate of drug-likeness (QED) is 0.689. The number of nitriles is 1. The summed E-state index contributed by atoms with van der Waals surface area (Å²) in [6, 6.07) is 1.93. The second-order valence-electron chi connectivity index (χ2n) is 2.68. The zero-order valence-electron chi connectivity index (χ0n) is 8.00. The Morgan fingerprint density at radius 2 is 2.19 bits per heavy atom. The first-order chi connectivity index (χ1) is 7.41. The fourth-order valence-corrected chi connectivity index (χ4v) is 1.06. The van der Waals surface area contributed by atoms with Gasteiger partial charge in [-0.25, -0.2) is 9.78 Å². The maximum absolute atomic E-state index is 12.5. The van der Waals surface area contributed by atoms with E-state index in [0.717, 1.165) is 13.3 Å². The van der Waals surface area contributed by atoms with Crippen LogP contribution in [0.2, 0.25) is 0 Å². The van der Waals surface area contributed by atoms with E-state index in [1.165, 1.54) is 6.07 Å². The zero-order valence-corrected chi connectivity index (χ0v) is 8.00. The van der Waals surface area contributed by atoms with Gasteiger partial charge in [0.2, 0.25) is 0 Å². The van der Waals surface area contributed by atoms with Crippen molar-refractivity contribution in [2.75, 3.05) is 7.11 Å². The molecule has 1 aromatic heterocycles. The van der Waals surface area contributed by atoms with Crippen LogP contribution >= 0.6 is 0 Å². The monoisotopic (exact) mass is 230 g/mol. The third-order valence-corrected chi connectivity index (χ3v) is 1.75. The first-order valence-electron chi connectivity index (χ1n) is 3.96. The average molecular weight is 230 g/mol. The van der Waals surface area contributed by atoms with Crippen LogP contribution in [0.5, 0.6) is 0 Å². The maximum atomic E-state index is 12.5. The number of halogens is 3. The summed E-state index contributed by atoms with van der Waals surface area (Å²) in [4.78, 5) is 14.5. The van der Waals surface area contributed by atoms with Crippen LogP contribution in [-0.2, 0) is 10.9 Å². The molecule has 0 atom stereocenters. The van der Waals surface area contributed by atoms with Crippen LogP contribution < -0.4 is 0 Å². The summed E-state index contributed by atoms with van der Waals surface area (Å²) in [5.41, 5.74) is -2.67. The van der Waals surface area contributed by atoms with E-state index >= 15 is 0 Å². The van der Waals surface area contributed by atoms with Crippen molar-refractivity contribution < 1.29 is 22.7 Å². The molecule has 1 heterocycles. The van der Waals surface area contributed by atoms with Crippen LogP contribution in [0.25, 0.3) is 0 Å². The van der Waals surface area contributed by atoms with Gasteiger partial charge >= 0.3 is 12.1 Å². The minimum atomic E-state index is -4.71. The van der Waals surface area contributed by atoms with E-state index in [4.69, 9.17) is 5.26 Å². The molecule has 16 heavy (non-hydrogen) atoms. The molecule has 0 N–H and O–H groups in total. The summed E-state index contributed by atoms with van der Waals surface area (Å²) in [7, 11) is 0.991. The molecular weight excluding hydrogens is 225 g/mol. The summed E-state index contributed by atoms with van der Waals surface area (Å²) in [5, 5.41) is 8.61. The van der Waals surface area contributed by atoms with Gasteiger partial charge in [0.15, 0.2) is 5.69 Å². The molecule has 0 fully saturated rings. The van der Waals surface area contributed by atoms with Crippen LogP contribution in [0.3, 0.4) is 0 Å². The second-order valence-corrected chi connectivity index (χ2v) is 2.68. The van der Waals surface area contributed by atoms with Gasteiger partial charge in [-0.3, -0.25) is 0 Å². The topological polar surface area (TPSA) is 63.0 Å². The van der Waals surface area contributed by atoms with E-state index in [2.05, 4.69) is 9.72 Å². The predicted molar refractivity (Wildman–Crippen MR) is 45.3 cm³/mol. The number of alkyl halides is 3. The third kappa shape index (κ3) is 2.11. The Labute approximate surface area is 88.3 Å². The molecule has 0 saturated carbocycles. The smallest absolute Gasteiger partial charge is 0.417 e. The van der Waals surface area contributed by atoms with Crippen molar-refractivity contribution in [1.82, 2.24) is 4.98 Å². The lowest BCUT2D eigenvalue weighted by atomic mass is 10.1. The van der Waals surface area contributed by atoms with Crippen molar-refractivity contribution in [1.29, 1.82) is 5.26 Å². The van der Waals surface area contributed by atoms with Gasteiger partial charge in [0.25, 0.3) is 0 Å². The van der Waals surface area contributed by atoms with Gasteiger partial charge in [-0.15, -0.1) is 0 Å². The Balaban J connectivity index is 3.46. The standard InChI is InChI=1S/C9H5F3N2O2/c1-16-8(15)7-5(4-13)6(2-3-14-7)9(10,11)12/h2-3H,1H3. The van der Waals surface area contributed by atoms with Gasteiger partial charge in [-0.2, -0.15) is 18.4 Å². The molecule has 1 rings (SSSR count). The molecule has 0 radical (unpaired) electrons. The first kappa shape index (κ1) is 12.0. The van der Waals surface area contributed by atoms with Crippen LogP contribution in [0.4, 0.5) is 13.2 Å². The summed E-state index contributed by atoms with van der Waals surface area (Å²) >= 11 is 0. The second kappa shape index (κ2) is 4.18. The fourth-order valence-electron chi connectivity index (χ4n) is 1.06. The summed E-state index contributed by atoms with van der Waals surface area (Å²) < 4.78 is 41.6. The van der Waals surface area contributed by atoms with Crippen molar-refractivity contribution in [2.24, 2.45) is 0 Å². The molecule has 0 aliphatic rings. The minimum absolute atomic E-state index is 0.630. The first-order valence-corrected chi connectivity index (χ1v) is 3.96. The molecule has 4 nitrogen and oxygen atoms in total. The number of ether oxygens (including phenoxy) is 1. The van der Waals surface area contributed by atoms with E-state index in [1.807, 2.05) is 0 Å². The van der Waals surface area contributed by atoms with Gasteiger partial charge in [0.05, 0.1) is 18.2 Å². The van der Waals surface area contributed by atoms with Gasteiger partial charge in [-0.1, -0.05) is 0 Å². The number of carbonyl (C=O) groups excluding carboxylic acids is 1. The summed E-state index contributed by atoms with van der Waals surface area (Å²) in [5.74, 6) is -1.08. The lowest BCUT2D eigenvalue weighted by molar-refractivity contribution is -0.137. The molecule has 0 bridgehead atoms. The van der Waals surface area contributed by atoms with Gasteiger partial charge in [-0.05, 0) is 6.07 Å². The van der Waals surface area contributed by atoms with E-state index < -0.39 is 29.0 Å². The van der Waals surface area contributed by atoms with Crippen molar-refractivity contribution in [3.05, 3.63) is 29.1 Å². The highest BCUT2D eigenvalue weighted by atomic mass is 19.4. The number of esters is 1. The SMILES string of the molecule is COC(=O)c1nccc(C(F)(F)F)c1C#N. The van der Waals surface area contributed by atoms with Gasteiger partial charge in [0, 0.05) is 6.20 Å². The van der Waals surface area contributed by atoms with Crippen molar-refractivity contribution >= 4 is 5.97 Å². The van der Waals surface area contributed by atoms with E-state index in [9.17, 15) is 18.0 Å². The number of hydrogen-bond acceptors (Lipinski definition) is 4. The van der Waals surface area contributed by atoms with Gasteiger partial charge < -0.3 is 4.74 Å². The molecule has 0 spiro atoms. The number of nitrogens with zero attached hydrogens (tertiary/aromatic N) is 2. The average Bonchev–Trinajstić information content (AvgIpc) is 2.25. The molecule has 0 saturated heterocycles. The zero-order chi connectivity index (χ0) is 12.3. The molecule has 7 heteroatoms. The largest absolute Gasteiger partial charge is 0.464 e. The van der Waals surface area contributed by atoms with Crippen LogP contribution in [0, 0.1) is 11.3 Å². The number of hydrogen-bond donors (Lipinski definition) is 0. The number of rotatable bonds is 1. The van der Waals surface area contributed by atoms with E-state index in [-0.39, 0.29) is 0 Å². The van der Waals surface area contributed by atoms with Gasteiger partial charge in [0.1, 0.15) is 6.07 Å². The molecular formula is C9H5F3N2O2. The molecule has 0 unspecified atom stereocenters. The van der Waals surface area contributed by atoms with E-state index in [0.29, 0.717) is 6.07 Å². The Morgan fingerprint density at radius 1 is 1.56 bits per heavy atom. The molecule has 1 aromatic rings. The molecule has 0 amide bonds. The number of methoxy groups -OCH3 is 1. The lowest BCUT2D eigenvalue weighted by Gasteiger charge is -2.09. The van der Waals surface area contributed by atoms with Crippen LogP contribution in [0.1, 0.15) is 21.6 Å². The fraction of sp³-hybridized carbons (Fsp3) is 0.222. The van der Waals surface area contributed by atoms with Crippen molar-refractivity contribution in [2.45, 2.75) is 6.18 Å². The number of aromatic nitrogens is 1. The Hall–Kier alpha value is -2.10. The molecule has 0 aliphatic heterocycles. The minimum Gasteiger partial charge on any atom is -0.464 e. The summed E-state index contributed by atoms with van der Waals surface area (Å²) in [6.45, 7) is 0. The van der Waals surface area contributed by atoms with Crippen molar-refractivity contribution in [3.63, 3.8) is 0 Å². The molecule has 0 aliphatic carbocycles. The third-order valence-electron chi connectivity index (χ3n) is 1.75. The maximum Gasteiger partial charge on any atom is 0.417 e. The molecule has 0 aromatic carbocycles. The normalized spacial score (nSPS) is 10.7. The highest BCUT2D eigenvalue weighted by molar-refractivity contribution is 5.90. The van der Waals surface area contributed by atoms with E-state index in [1.54, 1.807) is 0 Å². The highest BCUT2D eigenvalue weighted by Crippen LogP contribution is 2.32.